The number of aromatic nitrogens is 3. The Hall–Kier alpha value is -4.00. The maximum atomic E-state index is 13.2. The van der Waals surface area contributed by atoms with Crippen molar-refractivity contribution in [2.75, 3.05) is 12.0 Å². The standard InChI is InChI=1S/C22H16N4O3/c1-13-18-19-17(21(27)25(22(19)28)14-6-4-3-5-7-14)12-23-20(18)26(24-13)15-8-10-16(29-2)11-9-15/h3-12H,1-2H3. The first-order chi connectivity index (χ1) is 14.1. The van der Waals surface area contributed by atoms with E-state index in [1.807, 2.05) is 37.3 Å². The summed E-state index contributed by atoms with van der Waals surface area (Å²) in [7, 11) is 1.61. The minimum atomic E-state index is -0.373. The van der Waals surface area contributed by atoms with Crippen LogP contribution in [0.2, 0.25) is 0 Å². The Kier molecular flexibility index (Phi) is 3.70. The summed E-state index contributed by atoms with van der Waals surface area (Å²) in [5.74, 6) is -0.00163. The predicted octanol–water partition coefficient (Wildman–Crippen LogP) is 3.54. The van der Waals surface area contributed by atoms with Crippen molar-refractivity contribution in [2.45, 2.75) is 6.92 Å². The Balaban J connectivity index is 1.69. The SMILES string of the molecule is COc1ccc(-n2nc(C)c3c4c(cnc32)C(=O)N(c2ccccc2)C4=O)cc1. The third-order valence-electron chi connectivity index (χ3n) is 5.05. The fourth-order valence-corrected chi connectivity index (χ4v) is 3.68. The number of nitrogens with zero attached hydrogens (tertiary/aromatic N) is 4. The molecule has 0 radical (unpaired) electrons. The zero-order valence-electron chi connectivity index (χ0n) is 15.8. The number of hydrogen-bond acceptors (Lipinski definition) is 5. The van der Waals surface area contributed by atoms with Crippen LogP contribution in [0.4, 0.5) is 5.69 Å². The van der Waals surface area contributed by atoms with Crippen LogP contribution in [-0.2, 0) is 0 Å². The lowest BCUT2D eigenvalue weighted by atomic mass is 10.1. The second-order valence-electron chi connectivity index (χ2n) is 6.72. The normalized spacial score (nSPS) is 13.2. The number of amides is 2. The average molecular weight is 384 g/mol. The summed E-state index contributed by atoms with van der Waals surface area (Å²) in [6.45, 7) is 1.81. The van der Waals surface area contributed by atoms with E-state index in [2.05, 4.69) is 10.1 Å². The summed E-state index contributed by atoms with van der Waals surface area (Å²) < 4.78 is 6.88. The van der Waals surface area contributed by atoms with Gasteiger partial charge in [0.05, 0.1) is 40.7 Å². The number of hydrogen-bond donors (Lipinski definition) is 0. The van der Waals surface area contributed by atoms with Gasteiger partial charge in [-0.1, -0.05) is 18.2 Å². The number of carbonyl (C=O) groups is 2. The van der Waals surface area contributed by atoms with E-state index in [-0.39, 0.29) is 11.8 Å². The zero-order valence-corrected chi connectivity index (χ0v) is 15.8. The van der Waals surface area contributed by atoms with Gasteiger partial charge in [-0.25, -0.2) is 14.6 Å². The molecule has 1 aliphatic heterocycles. The smallest absolute Gasteiger partial charge is 0.267 e. The van der Waals surface area contributed by atoms with Crippen molar-refractivity contribution >= 4 is 28.5 Å². The van der Waals surface area contributed by atoms with Crippen molar-refractivity contribution in [3.63, 3.8) is 0 Å². The summed E-state index contributed by atoms with van der Waals surface area (Å²) in [6, 6.07) is 16.3. The second-order valence-corrected chi connectivity index (χ2v) is 6.72. The minimum Gasteiger partial charge on any atom is -0.497 e. The molecule has 2 amide bonds. The minimum absolute atomic E-state index is 0.295. The maximum absolute atomic E-state index is 13.2. The van der Waals surface area contributed by atoms with Crippen LogP contribution in [0, 0.1) is 6.92 Å². The molecule has 4 aromatic rings. The quantitative estimate of drug-likeness (QED) is 0.505. The lowest BCUT2D eigenvalue weighted by molar-refractivity contribution is 0.0926. The number of imide groups is 1. The topological polar surface area (TPSA) is 77.3 Å². The summed E-state index contributed by atoms with van der Waals surface area (Å²) in [4.78, 5) is 31.8. The molecule has 1 aliphatic rings. The molecule has 0 atom stereocenters. The Morgan fingerprint density at radius 1 is 0.897 bits per heavy atom. The fraction of sp³-hybridized carbons (Fsp3) is 0.0909. The second kappa shape index (κ2) is 6.27. The molecule has 0 unspecified atom stereocenters. The number of rotatable bonds is 3. The first-order valence-corrected chi connectivity index (χ1v) is 9.06. The number of methoxy groups -OCH3 is 1. The molecule has 29 heavy (non-hydrogen) atoms. The number of para-hydroxylation sites is 1. The lowest BCUT2D eigenvalue weighted by Gasteiger charge is -2.13. The molecule has 5 rings (SSSR count). The van der Waals surface area contributed by atoms with Gasteiger partial charge in [-0.05, 0) is 43.3 Å². The van der Waals surface area contributed by atoms with Crippen LogP contribution in [-0.4, -0.2) is 33.7 Å². The van der Waals surface area contributed by atoms with Crippen molar-refractivity contribution in [2.24, 2.45) is 0 Å². The molecule has 3 heterocycles. The molecule has 0 aliphatic carbocycles. The Labute approximate surface area is 166 Å². The largest absolute Gasteiger partial charge is 0.497 e. The highest BCUT2D eigenvalue weighted by Crippen LogP contribution is 2.34. The first-order valence-electron chi connectivity index (χ1n) is 9.06. The van der Waals surface area contributed by atoms with Crippen LogP contribution in [0.5, 0.6) is 5.75 Å². The number of carbonyl (C=O) groups excluding carboxylic acids is 2. The number of benzene rings is 2. The molecule has 2 aromatic heterocycles. The molecule has 7 heteroatoms. The van der Waals surface area contributed by atoms with Gasteiger partial charge in [0.15, 0.2) is 5.65 Å². The van der Waals surface area contributed by atoms with E-state index in [9.17, 15) is 9.59 Å². The Bertz CT molecular complexity index is 1280. The molecular formula is C22H16N4O3. The van der Waals surface area contributed by atoms with E-state index in [1.54, 1.807) is 36.1 Å². The van der Waals surface area contributed by atoms with Crippen molar-refractivity contribution in [3.05, 3.63) is 77.6 Å². The van der Waals surface area contributed by atoms with Crippen LogP contribution >= 0.6 is 0 Å². The van der Waals surface area contributed by atoms with Crippen molar-refractivity contribution in [3.8, 4) is 11.4 Å². The van der Waals surface area contributed by atoms with Gasteiger partial charge in [0.25, 0.3) is 11.8 Å². The Morgan fingerprint density at radius 3 is 2.31 bits per heavy atom. The number of aryl methyl sites for hydroxylation is 1. The number of pyridine rings is 1. The third kappa shape index (κ3) is 2.44. The molecular weight excluding hydrogens is 368 g/mol. The van der Waals surface area contributed by atoms with E-state index in [0.717, 1.165) is 11.4 Å². The summed E-state index contributed by atoms with van der Waals surface area (Å²) >= 11 is 0. The number of fused-ring (bicyclic) bond motifs is 3. The molecule has 0 spiro atoms. The molecule has 2 aromatic carbocycles. The van der Waals surface area contributed by atoms with E-state index >= 15 is 0 Å². The number of anilines is 1. The predicted molar refractivity (Wildman–Crippen MR) is 108 cm³/mol. The molecule has 0 bridgehead atoms. The highest BCUT2D eigenvalue weighted by atomic mass is 16.5. The van der Waals surface area contributed by atoms with Gasteiger partial charge in [0.2, 0.25) is 0 Å². The zero-order chi connectivity index (χ0) is 20.1. The van der Waals surface area contributed by atoms with Crippen LogP contribution in [0.1, 0.15) is 26.4 Å². The molecule has 0 saturated heterocycles. The van der Waals surface area contributed by atoms with Crippen LogP contribution in [0.25, 0.3) is 16.7 Å². The van der Waals surface area contributed by atoms with Gasteiger partial charge in [-0.3, -0.25) is 9.59 Å². The van der Waals surface area contributed by atoms with Gasteiger partial charge in [0.1, 0.15) is 5.75 Å². The molecule has 0 N–H and O–H groups in total. The molecule has 142 valence electrons. The van der Waals surface area contributed by atoms with Gasteiger partial charge in [-0.2, -0.15) is 5.10 Å². The highest BCUT2D eigenvalue weighted by Gasteiger charge is 2.39. The Morgan fingerprint density at radius 2 is 1.62 bits per heavy atom. The van der Waals surface area contributed by atoms with Crippen molar-refractivity contribution in [1.82, 2.24) is 14.8 Å². The van der Waals surface area contributed by atoms with Gasteiger partial charge in [0, 0.05) is 6.20 Å². The van der Waals surface area contributed by atoms with Gasteiger partial charge < -0.3 is 4.74 Å². The van der Waals surface area contributed by atoms with Crippen LogP contribution in [0.3, 0.4) is 0 Å². The summed E-state index contributed by atoms with van der Waals surface area (Å²) in [6.07, 6.45) is 1.46. The van der Waals surface area contributed by atoms with Crippen LogP contribution < -0.4 is 9.64 Å². The molecule has 0 saturated carbocycles. The van der Waals surface area contributed by atoms with Gasteiger partial charge >= 0.3 is 0 Å². The average Bonchev–Trinajstić information content (AvgIpc) is 3.22. The molecule has 7 nitrogen and oxygen atoms in total. The monoisotopic (exact) mass is 384 g/mol. The highest BCUT2D eigenvalue weighted by molar-refractivity contribution is 6.37. The number of ether oxygens (including phenoxy) is 1. The van der Waals surface area contributed by atoms with Crippen LogP contribution in [0.15, 0.2) is 60.8 Å². The van der Waals surface area contributed by atoms with E-state index in [1.165, 1.54) is 11.1 Å². The van der Waals surface area contributed by atoms with E-state index in [0.29, 0.717) is 33.5 Å². The summed E-state index contributed by atoms with van der Waals surface area (Å²) in [5, 5.41) is 5.17. The third-order valence-corrected chi connectivity index (χ3v) is 5.05. The van der Waals surface area contributed by atoms with E-state index in [4.69, 9.17) is 4.74 Å². The first kappa shape index (κ1) is 17.1. The fourth-order valence-electron chi connectivity index (χ4n) is 3.68. The van der Waals surface area contributed by atoms with Crippen molar-refractivity contribution < 1.29 is 14.3 Å². The van der Waals surface area contributed by atoms with E-state index < -0.39 is 0 Å². The maximum Gasteiger partial charge on any atom is 0.267 e. The lowest BCUT2D eigenvalue weighted by Crippen LogP contribution is -2.29. The van der Waals surface area contributed by atoms with Gasteiger partial charge in [-0.15, -0.1) is 0 Å². The molecule has 0 fully saturated rings. The van der Waals surface area contributed by atoms with Crippen molar-refractivity contribution in [1.29, 1.82) is 0 Å². The summed E-state index contributed by atoms with van der Waals surface area (Å²) in [5.41, 5.74) is 3.13.